The minimum atomic E-state index is -0.857. The van der Waals surface area contributed by atoms with E-state index in [1.54, 1.807) is 18.5 Å². The van der Waals surface area contributed by atoms with E-state index in [4.69, 9.17) is 5.11 Å². The van der Waals surface area contributed by atoms with E-state index in [0.29, 0.717) is 18.5 Å². The molecule has 0 aliphatic carbocycles. The standard InChI is InChI=1S/C13H15N3O3/c1-16-8-15-10-7-9(4-5-11(10)16)13(19)14-6-2-3-12(17)18/h4-5,7-8H,2-3,6H2,1H3,(H,14,19)(H,17,18). The summed E-state index contributed by atoms with van der Waals surface area (Å²) in [5.41, 5.74) is 2.25. The number of hydrogen-bond donors (Lipinski definition) is 2. The van der Waals surface area contributed by atoms with Crippen molar-refractivity contribution in [1.29, 1.82) is 0 Å². The number of imidazole rings is 1. The molecule has 0 fully saturated rings. The second-order valence-corrected chi connectivity index (χ2v) is 4.31. The first-order valence-electron chi connectivity index (χ1n) is 5.99. The molecule has 2 N–H and O–H groups in total. The van der Waals surface area contributed by atoms with Gasteiger partial charge in [0.2, 0.25) is 0 Å². The van der Waals surface area contributed by atoms with Crippen LogP contribution in [0.3, 0.4) is 0 Å². The smallest absolute Gasteiger partial charge is 0.303 e. The van der Waals surface area contributed by atoms with Gasteiger partial charge in [-0.3, -0.25) is 9.59 Å². The van der Waals surface area contributed by atoms with Crippen molar-refractivity contribution in [3.05, 3.63) is 30.1 Å². The highest BCUT2D eigenvalue weighted by atomic mass is 16.4. The molecule has 100 valence electrons. The summed E-state index contributed by atoms with van der Waals surface area (Å²) in [5, 5.41) is 11.2. The number of hydrogen-bond acceptors (Lipinski definition) is 3. The van der Waals surface area contributed by atoms with E-state index in [0.717, 1.165) is 11.0 Å². The largest absolute Gasteiger partial charge is 0.481 e. The fraction of sp³-hybridized carbons (Fsp3) is 0.308. The molecule has 0 saturated heterocycles. The normalized spacial score (nSPS) is 10.6. The highest BCUT2D eigenvalue weighted by molar-refractivity contribution is 5.97. The zero-order chi connectivity index (χ0) is 13.8. The van der Waals surface area contributed by atoms with Gasteiger partial charge in [-0.15, -0.1) is 0 Å². The summed E-state index contributed by atoms with van der Waals surface area (Å²) in [6.07, 6.45) is 2.17. The maximum absolute atomic E-state index is 11.8. The zero-order valence-corrected chi connectivity index (χ0v) is 10.6. The number of carboxylic acids is 1. The van der Waals surface area contributed by atoms with E-state index in [9.17, 15) is 9.59 Å². The van der Waals surface area contributed by atoms with Crippen LogP contribution in [0.2, 0.25) is 0 Å². The Morgan fingerprint density at radius 3 is 2.95 bits per heavy atom. The number of benzene rings is 1. The van der Waals surface area contributed by atoms with Crippen LogP contribution in [0.1, 0.15) is 23.2 Å². The molecule has 0 spiro atoms. The predicted molar refractivity (Wildman–Crippen MR) is 69.9 cm³/mol. The zero-order valence-electron chi connectivity index (χ0n) is 10.6. The van der Waals surface area contributed by atoms with Crippen LogP contribution in [0, 0.1) is 0 Å². The van der Waals surface area contributed by atoms with Crippen molar-refractivity contribution in [3.8, 4) is 0 Å². The Hall–Kier alpha value is -2.37. The summed E-state index contributed by atoms with van der Waals surface area (Å²) in [4.78, 5) is 26.4. The number of carbonyl (C=O) groups is 2. The van der Waals surface area contributed by atoms with E-state index >= 15 is 0 Å². The average molecular weight is 261 g/mol. The molecule has 2 aromatic rings. The maximum atomic E-state index is 11.8. The van der Waals surface area contributed by atoms with Crippen molar-refractivity contribution in [1.82, 2.24) is 14.9 Å². The minimum Gasteiger partial charge on any atom is -0.481 e. The topological polar surface area (TPSA) is 84.2 Å². The molecule has 0 radical (unpaired) electrons. The summed E-state index contributed by atoms with van der Waals surface area (Å²) >= 11 is 0. The average Bonchev–Trinajstić information content (AvgIpc) is 2.75. The lowest BCUT2D eigenvalue weighted by Crippen LogP contribution is -2.24. The third-order valence-corrected chi connectivity index (χ3v) is 2.84. The maximum Gasteiger partial charge on any atom is 0.303 e. The molecule has 19 heavy (non-hydrogen) atoms. The van der Waals surface area contributed by atoms with Crippen LogP contribution in [0.4, 0.5) is 0 Å². The van der Waals surface area contributed by atoms with E-state index in [2.05, 4.69) is 10.3 Å². The number of carbonyl (C=O) groups excluding carboxylic acids is 1. The van der Waals surface area contributed by atoms with Crippen molar-refractivity contribution >= 4 is 22.9 Å². The summed E-state index contributed by atoms with van der Waals surface area (Å²) in [5.74, 6) is -1.07. The van der Waals surface area contributed by atoms with Gasteiger partial charge < -0.3 is 15.0 Å². The highest BCUT2D eigenvalue weighted by Gasteiger charge is 2.08. The molecule has 1 aromatic heterocycles. The number of nitrogens with zero attached hydrogens (tertiary/aromatic N) is 2. The number of nitrogens with one attached hydrogen (secondary N) is 1. The highest BCUT2D eigenvalue weighted by Crippen LogP contribution is 2.13. The van der Waals surface area contributed by atoms with Gasteiger partial charge in [-0.2, -0.15) is 0 Å². The van der Waals surface area contributed by atoms with Crippen molar-refractivity contribution < 1.29 is 14.7 Å². The lowest BCUT2D eigenvalue weighted by Gasteiger charge is -2.04. The number of rotatable bonds is 5. The van der Waals surface area contributed by atoms with Crippen molar-refractivity contribution in [3.63, 3.8) is 0 Å². The number of carboxylic acid groups (broad SMARTS) is 1. The van der Waals surface area contributed by atoms with Gasteiger partial charge in [0.1, 0.15) is 0 Å². The first kappa shape index (κ1) is 13.1. The van der Waals surface area contributed by atoms with Crippen LogP contribution in [0.15, 0.2) is 24.5 Å². The van der Waals surface area contributed by atoms with Crippen LogP contribution in [0.5, 0.6) is 0 Å². The van der Waals surface area contributed by atoms with E-state index < -0.39 is 5.97 Å². The predicted octanol–water partition coefficient (Wildman–Crippen LogP) is 1.17. The van der Waals surface area contributed by atoms with Gasteiger partial charge in [-0.25, -0.2) is 4.98 Å². The summed E-state index contributed by atoms with van der Waals surface area (Å²) < 4.78 is 1.88. The first-order valence-corrected chi connectivity index (χ1v) is 5.99. The molecule has 0 saturated carbocycles. The lowest BCUT2D eigenvalue weighted by atomic mass is 10.2. The molecule has 0 aliphatic rings. The number of fused-ring (bicyclic) bond motifs is 1. The number of aromatic nitrogens is 2. The molecule has 6 nitrogen and oxygen atoms in total. The summed E-state index contributed by atoms with van der Waals surface area (Å²) in [6.45, 7) is 0.353. The Bertz CT molecular complexity index is 619. The molecule has 1 amide bonds. The molecular formula is C13H15N3O3. The molecule has 1 aromatic carbocycles. The third-order valence-electron chi connectivity index (χ3n) is 2.84. The van der Waals surface area contributed by atoms with Gasteiger partial charge >= 0.3 is 5.97 Å². The van der Waals surface area contributed by atoms with Crippen LogP contribution in [0.25, 0.3) is 11.0 Å². The first-order chi connectivity index (χ1) is 9.08. The third kappa shape index (κ3) is 3.09. The number of aliphatic carboxylic acids is 1. The minimum absolute atomic E-state index is 0.0551. The van der Waals surface area contributed by atoms with Crippen molar-refractivity contribution in [2.45, 2.75) is 12.8 Å². The van der Waals surface area contributed by atoms with E-state index in [-0.39, 0.29) is 12.3 Å². The Kier molecular flexibility index (Phi) is 3.79. The Morgan fingerprint density at radius 2 is 2.21 bits per heavy atom. The van der Waals surface area contributed by atoms with Crippen molar-refractivity contribution in [2.24, 2.45) is 7.05 Å². The summed E-state index contributed by atoms with van der Waals surface area (Å²) in [6, 6.07) is 5.30. The quantitative estimate of drug-likeness (QED) is 0.791. The fourth-order valence-electron chi connectivity index (χ4n) is 1.82. The second kappa shape index (κ2) is 5.51. The Morgan fingerprint density at radius 1 is 1.42 bits per heavy atom. The number of aryl methyl sites for hydroxylation is 1. The molecule has 1 heterocycles. The van der Waals surface area contributed by atoms with Crippen LogP contribution >= 0.6 is 0 Å². The van der Waals surface area contributed by atoms with Gasteiger partial charge in [0.25, 0.3) is 5.91 Å². The monoisotopic (exact) mass is 261 g/mol. The second-order valence-electron chi connectivity index (χ2n) is 4.31. The van der Waals surface area contributed by atoms with Gasteiger partial charge in [0.15, 0.2) is 0 Å². The van der Waals surface area contributed by atoms with E-state index in [1.165, 1.54) is 0 Å². The molecule has 0 aliphatic heterocycles. The molecule has 0 atom stereocenters. The van der Waals surface area contributed by atoms with Gasteiger partial charge in [-0.1, -0.05) is 0 Å². The Balaban J connectivity index is 1.99. The molecule has 0 unspecified atom stereocenters. The number of amides is 1. The van der Waals surface area contributed by atoms with Crippen LogP contribution in [-0.2, 0) is 11.8 Å². The van der Waals surface area contributed by atoms with Crippen LogP contribution in [-0.4, -0.2) is 33.1 Å². The molecular weight excluding hydrogens is 246 g/mol. The summed E-state index contributed by atoms with van der Waals surface area (Å²) in [7, 11) is 1.89. The Labute approximate surface area is 110 Å². The van der Waals surface area contributed by atoms with Crippen LogP contribution < -0.4 is 5.32 Å². The fourth-order valence-corrected chi connectivity index (χ4v) is 1.82. The molecule has 2 rings (SSSR count). The molecule has 6 heteroatoms. The van der Waals surface area contributed by atoms with Gasteiger partial charge in [0.05, 0.1) is 17.4 Å². The molecule has 0 bridgehead atoms. The lowest BCUT2D eigenvalue weighted by molar-refractivity contribution is -0.137. The van der Waals surface area contributed by atoms with Gasteiger partial charge in [-0.05, 0) is 24.6 Å². The SMILES string of the molecule is Cn1cnc2cc(C(=O)NCCCC(=O)O)ccc21. The van der Waals surface area contributed by atoms with Gasteiger partial charge in [0, 0.05) is 25.6 Å². The van der Waals surface area contributed by atoms with Crippen molar-refractivity contribution in [2.75, 3.05) is 6.54 Å². The van der Waals surface area contributed by atoms with E-state index in [1.807, 2.05) is 17.7 Å².